The molecule has 0 unspecified atom stereocenters. The van der Waals surface area contributed by atoms with Gasteiger partial charge in [-0.1, -0.05) is 6.08 Å². The molecule has 1 saturated carbocycles. The molecule has 0 N–H and O–H groups in total. The van der Waals surface area contributed by atoms with Gasteiger partial charge in [0.2, 0.25) is 0 Å². The highest BCUT2D eigenvalue weighted by molar-refractivity contribution is 6.00. The van der Waals surface area contributed by atoms with Crippen molar-refractivity contribution in [2.75, 3.05) is 11.4 Å². The summed E-state index contributed by atoms with van der Waals surface area (Å²) in [6, 6.07) is 7.85. The predicted molar refractivity (Wildman–Crippen MR) is 71.7 cm³/mol. The minimum atomic E-state index is 0.0317. The molecule has 0 aliphatic heterocycles. The molecule has 92 valence electrons. The molecule has 0 spiro atoms. The van der Waals surface area contributed by atoms with Crippen molar-refractivity contribution in [1.82, 2.24) is 0 Å². The number of anilines is 1. The van der Waals surface area contributed by atoms with Gasteiger partial charge in [0.1, 0.15) is 0 Å². The van der Waals surface area contributed by atoms with Crippen LogP contribution >= 0.6 is 0 Å². The topological polar surface area (TPSA) is 44.1 Å². The third-order valence-electron chi connectivity index (χ3n) is 3.13. The summed E-state index contributed by atoms with van der Waals surface area (Å²) in [5.41, 5.74) is 2.14. The lowest BCUT2D eigenvalue weighted by Gasteiger charge is -2.25. The SMILES string of the molecule is C=CCN(c1cc(C#N)ccc1C(C)=O)C1CC1. The minimum absolute atomic E-state index is 0.0317. The van der Waals surface area contributed by atoms with E-state index in [4.69, 9.17) is 5.26 Å². The number of carbonyl (C=O) groups is 1. The standard InChI is InChI=1S/C15H16N2O/c1-3-8-17(13-5-6-13)15-9-12(10-16)4-7-14(15)11(2)18/h3-4,7,9,13H,1,5-6,8H2,2H3. The first-order valence-corrected chi connectivity index (χ1v) is 6.10. The van der Waals surface area contributed by atoms with Crippen LogP contribution < -0.4 is 4.90 Å². The summed E-state index contributed by atoms with van der Waals surface area (Å²) in [4.78, 5) is 13.9. The van der Waals surface area contributed by atoms with E-state index in [9.17, 15) is 4.79 Å². The Morgan fingerprint density at radius 1 is 1.61 bits per heavy atom. The second-order valence-corrected chi connectivity index (χ2v) is 4.57. The maximum Gasteiger partial charge on any atom is 0.161 e. The van der Waals surface area contributed by atoms with Crippen LogP contribution in [0.1, 0.15) is 35.7 Å². The zero-order valence-corrected chi connectivity index (χ0v) is 10.5. The molecule has 1 fully saturated rings. The molecule has 1 aliphatic carbocycles. The fraction of sp³-hybridized carbons (Fsp3) is 0.333. The zero-order valence-electron chi connectivity index (χ0n) is 10.5. The minimum Gasteiger partial charge on any atom is -0.364 e. The summed E-state index contributed by atoms with van der Waals surface area (Å²) in [5.74, 6) is 0.0317. The molecule has 1 aliphatic rings. The molecule has 2 rings (SSSR count). The van der Waals surface area contributed by atoms with E-state index >= 15 is 0 Å². The number of nitrogens with zero attached hydrogens (tertiary/aromatic N) is 2. The number of carbonyl (C=O) groups excluding carboxylic acids is 1. The first-order valence-electron chi connectivity index (χ1n) is 6.10. The average molecular weight is 240 g/mol. The summed E-state index contributed by atoms with van der Waals surface area (Å²) in [7, 11) is 0. The first-order chi connectivity index (χ1) is 8.67. The molecule has 0 radical (unpaired) electrons. The highest BCUT2D eigenvalue weighted by Crippen LogP contribution is 2.34. The van der Waals surface area contributed by atoms with Crippen LogP contribution in [-0.2, 0) is 0 Å². The molecule has 0 saturated heterocycles. The van der Waals surface area contributed by atoms with E-state index in [0.717, 1.165) is 18.5 Å². The van der Waals surface area contributed by atoms with E-state index < -0.39 is 0 Å². The number of benzene rings is 1. The highest BCUT2D eigenvalue weighted by atomic mass is 16.1. The van der Waals surface area contributed by atoms with Gasteiger partial charge in [0.25, 0.3) is 0 Å². The van der Waals surface area contributed by atoms with E-state index in [1.165, 1.54) is 0 Å². The molecule has 0 amide bonds. The van der Waals surface area contributed by atoms with Crippen LogP contribution in [0.5, 0.6) is 0 Å². The van der Waals surface area contributed by atoms with E-state index in [1.54, 1.807) is 25.1 Å². The maximum absolute atomic E-state index is 11.7. The highest BCUT2D eigenvalue weighted by Gasteiger charge is 2.30. The number of rotatable bonds is 5. The summed E-state index contributed by atoms with van der Waals surface area (Å²) in [6.45, 7) is 6.03. The lowest BCUT2D eigenvalue weighted by molar-refractivity contribution is 0.101. The summed E-state index contributed by atoms with van der Waals surface area (Å²) >= 11 is 0. The van der Waals surface area contributed by atoms with Crippen molar-refractivity contribution >= 4 is 11.5 Å². The van der Waals surface area contributed by atoms with Crippen LogP contribution in [0.3, 0.4) is 0 Å². The monoisotopic (exact) mass is 240 g/mol. The molecule has 18 heavy (non-hydrogen) atoms. The Morgan fingerprint density at radius 3 is 2.83 bits per heavy atom. The van der Waals surface area contributed by atoms with Gasteiger partial charge in [-0.15, -0.1) is 6.58 Å². The molecule has 3 nitrogen and oxygen atoms in total. The number of hydrogen-bond acceptors (Lipinski definition) is 3. The maximum atomic E-state index is 11.7. The molecule has 1 aromatic carbocycles. The van der Waals surface area contributed by atoms with E-state index in [2.05, 4.69) is 17.5 Å². The van der Waals surface area contributed by atoms with Gasteiger partial charge < -0.3 is 4.90 Å². The normalized spacial score (nSPS) is 13.8. The van der Waals surface area contributed by atoms with Gasteiger partial charge in [0.15, 0.2) is 5.78 Å². The number of Topliss-reactive ketones (excluding diaryl/α,β-unsaturated/α-hetero) is 1. The van der Waals surface area contributed by atoms with Crippen molar-refractivity contribution in [3.05, 3.63) is 42.0 Å². The smallest absolute Gasteiger partial charge is 0.161 e. The van der Waals surface area contributed by atoms with Crippen molar-refractivity contribution in [2.45, 2.75) is 25.8 Å². The van der Waals surface area contributed by atoms with Crippen LogP contribution in [0.4, 0.5) is 5.69 Å². The van der Waals surface area contributed by atoms with Crippen LogP contribution in [0.25, 0.3) is 0 Å². The largest absolute Gasteiger partial charge is 0.364 e. The Bertz CT molecular complexity index is 524. The Kier molecular flexibility index (Phi) is 3.47. The second-order valence-electron chi connectivity index (χ2n) is 4.57. The van der Waals surface area contributed by atoms with Gasteiger partial charge >= 0.3 is 0 Å². The Balaban J connectivity index is 2.47. The van der Waals surface area contributed by atoms with Gasteiger partial charge in [-0.3, -0.25) is 4.79 Å². The molecular formula is C15H16N2O. The van der Waals surface area contributed by atoms with Gasteiger partial charge in [-0.2, -0.15) is 5.26 Å². The lowest BCUT2D eigenvalue weighted by atomic mass is 10.0. The molecule has 0 aromatic heterocycles. The Labute approximate surface area is 107 Å². The second kappa shape index (κ2) is 5.05. The fourth-order valence-electron chi connectivity index (χ4n) is 2.11. The van der Waals surface area contributed by atoms with Crippen LogP contribution in [-0.4, -0.2) is 18.4 Å². The predicted octanol–water partition coefficient (Wildman–Crippen LogP) is 2.92. The van der Waals surface area contributed by atoms with Gasteiger partial charge in [-0.05, 0) is 38.0 Å². The number of hydrogen-bond donors (Lipinski definition) is 0. The Morgan fingerprint density at radius 2 is 2.33 bits per heavy atom. The quantitative estimate of drug-likeness (QED) is 0.587. The van der Waals surface area contributed by atoms with Crippen LogP contribution in [0.2, 0.25) is 0 Å². The van der Waals surface area contributed by atoms with E-state index in [0.29, 0.717) is 23.7 Å². The molecule has 0 atom stereocenters. The molecule has 1 aromatic rings. The number of nitriles is 1. The van der Waals surface area contributed by atoms with Crippen molar-refractivity contribution in [1.29, 1.82) is 5.26 Å². The molecule has 0 heterocycles. The average Bonchev–Trinajstić information content (AvgIpc) is 3.19. The van der Waals surface area contributed by atoms with Gasteiger partial charge in [-0.25, -0.2) is 0 Å². The third kappa shape index (κ3) is 2.43. The van der Waals surface area contributed by atoms with Gasteiger partial charge in [0, 0.05) is 23.8 Å². The van der Waals surface area contributed by atoms with Crippen molar-refractivity contribution in [2.24, 2.45) is 0 Å². The summed E-state index contributed by atoms with van der Waals surface area (Å²) < 4.78 is 0. The van der Waals surface area contributed by atoms with Crippen molar-refractivity contribution < 1.29 is 4.79 Å². The lowest BCUT2D eigenvalue weighted by Crippen LogP contribution is -2.27. The zero-order chi connectivity index (χ0) is 13.1. The molecule has 3 heteroatoms. The summed E-state index contributed by atoms with van der Waals surface area (Å²) in [6.07, 6.45) is 4.12. The van der Waals surface area contributed by atoms with E-state index in [-0.39, 0.29) is 5.78 Å². The van der Waals surface area contributed by atoms with Crippen LogP contribution in [0.15, 0.2) is 30.9 Å². The Hall–Kier alpha value is -2.08. The van der Waals surface area contributed by atoms with E-state index in [1.807, 2.05) is 6.08 Å². The molecule has 0 bridgehead atoms. The molecular weight excluding hydrogens is 224 g/mol. The van der Waals surface area contributed by atoms with Crippen molar-refractivity contribution in [3.8, 4) is 6.07 Å². The van der Waals surface area contributed by atoms with Crippen molar-refractivity contribution in [3.63, 3.8) is 0 Å². The first kappa shape index (κ1) is 12.4. The number of ketones is 1. The summed E-state index contributed by atoms with van der Waals surface area (Å²) in [5, 5.41) is 8.98. The fourth-order valence-corrected chi connectivity index (χ4v) is 2.11. The van der Waals surface area contributed by atoms with Gasteiger partial charge in [0.05, 0.1) is 11.6 Å². The van der Waals surface area contributed by atoms with Crippen LogP contribution in [0, 0.1) is 11.3 Å². The third-order valence-corrected chi connectivity index (χ3v) is 3.13.